The molecule has 1 heterocycles. The minimum Gasteiger partial charge on any atom is -0.459 e. The number of hydrogen-bond donors (Lipinski definition) is 1. The molecule has 0 saturated heterocycles. The summed E-state index contributed by atoms with van der Waals surface area (Å²) in [5, 5.41) is 0.867. The van der Waals surface area contributed by atoms with Gasteiger partial charge < -0.3 is 10.2 Å². The molecule has 0 aliphatic carbocycles. The third-order valence-corrected chi connectivity index (χ3v) is 4.02. The first-order valence-corrected chi connectivity index (χ1v) is 7.16. The van der Waals surface area contributed by atoms with Gasteiger partial charge in [0.05, 0.1) is 6.04 Å². The van der Waals surface area contributed by atoms with Crippen molar-refractivity contribution in [3.63, 3.8) is 0 Å². The van der Waals surface area contributed by atoms with E-state index in [2.05, 4.69) is 15.9 Å². The zero-order chi connectivity index (χ0) is 15.1. The number of benzene rings is 2. The Labute approximate surface area is 128 Å². The van der Waals surface area contributed by atoms with Gasteiger partial charge in [0, 0.05) is 21.0 Å². The summed E-state index contributed by atoms with van der Waals surface area (Å²) in [6, 6.07) is 8.22. The maximum Gasteiger partial charge on any atom is 0.134 e. The molecule has 0 aliphatic rings. The minimum atomic E-state index is -0.989. The number of hydrogen-bond acceptors (Lipinski definition) is 2. The van der Waals surface area contributed by atoms with Gasteiger partial charge in [-0.1, -0.05) is 22.0 Å². The molecule has 0 saturated carbocycles. The van der Waals surface area contributed by atoms with Gasteiger partial charge in [0.1, 0.15) is 23.0 Å². The first kappa shape index (κ1) is 14.2. The van der Waals surface area contributed by atoms with E-state index in [0.29, 0.717) is 11.3 Å². The number of nitrogens with two attached hydrogens (primary N) is 1. The van der Waals surface area contributed by atoms with Crippen molar-refractivity contribution in [1.82, 2.24) is 0 Å². The van der Waals surface area contributed by atoms with E-state index in [4.69, 9.17) is 10.2 Å². The van der Waals surface area contributed by atoms with Gasteiger partial charge in [-0.05, 0) is 37.3 Å². The Balaban J connectivity index is 2.18. The molecule has 2 N–H and O–H groups in total. The molecule has 0 spiro atoms. The summed E-state index contributed by atoms with van der Waals surface area (Å²) in [7, 11) is 0. The van der Waals surface area contributed by atoms with Crippen LogP contribution in [0.15, 0.2) is 45.3 Å². The van der Waals surface area contributed by atoms with Crippen molar-refractivity contribution >= 4 is 26.9 Å². The highest BCUT2D eigenvalue weighted by Gasteiger charge is 2.24. The molecule has 0 aliphatic heterocycles. The van der Waals surface area contributed by atoms with E-state index in [0.717, 1.165) is 15.4 Å². The zero-order valence-corrected chi connectivity index (χ0v) is 12.7. The smallest absolute Gasteiger partial charge is 0.134 e. The van der Waals surface area contributed by atoms with Crippen molar-refractivity contribution < 1.29 is 13.2 Å². The fourth-order valence-corrected chi connectivity index (χ4v) is 2.81. The van der Waals surface area contributed by atoms with Crippen LogP contribution >= 0.6 is 15.9 Å². The molecule has 0 radical (unpaired) electrons. The largest absolute Gasteiger partial charge is 0.459 e. The third kappa shape index (κ3) is 2.36. The Kier molecular flexibility index (Phi) is 3.55. The zero-order valence-electron chi connectivity index (χ0n) is 11.2. The molecule has 2 nitrogen and oxygen atoms in total. The van der Waals surface area contributed by atoms with E-state index in [1.807, 2.05) is 19.1 Å². The van der Waals surface area contributed by atoms with Crippen LogP contribution in [0.4, 0.5) is 8.78 Å². The van der Waals surface area contributed by atoms with Gasteiger partial charge in [-0.15, -0.1) is 0 Å². The van der Waals surface area contributed by atoms with Crippen molar-refractivity contribution in [2.75, 3.05) is 0 Å². The lowest BCUT2D eigenvalue weighted by Gasteiger charge is -2.12. The number of furan rings is 1. The van der Waals surface area contributed by atoms with Crippen LogP contribution in [-0.4, -0.2) is 0 Å². The highest BCUT2D eigenvalue weighted by molar-refractivity contribution is 9.10. The normalized spacial score (nSPS) is 12.8. The van der Waals surface area contributed by atoms with Gasteiger partial charge in [-0.3, -0.25) is 0 Å². The van der Waals surface area contributed by atoms with E-state index >= 15 is 0 Å². The Hall–Kier alpha value is -1.72. The van der Waals surface area contributed by atoms with Crippen LogP contribution < -0.4 is 5.73 Å². The SMILES string of the molecule is Cc1c(C(N)c2c(F)cccc2F)oc2ccc(Br)cc12. The molecule has 5 heteroatoms. The van der Waals surface area contributed by atoms with Crippen LogP contribution in [-0.2, 0) is 0 Å². The summed E-state index contributed by atoms with van der Waals surface area (Å²) < 4.78 is 34.3. The molecule has 108 valence electrons. The molecule has 0 fully saturated rings. The molecule has 1 aromatic heterocycles. The molecular formula is C16H12BrF2NO. The van der Waals surface area contributed by atoms with E-state index < -0.39 is 17.7 Å². The summed E-state index contributed by atoms with van der Waals surface area (Å²) in [6.07, 6.45) is 0. The van der Waals surface area contributed by atoms with Gasteiger partial charge in [0.25, 0.3) is 0 Å². The van der Waals surface area contributed by atoms with Gasteiger partial charge in [-0.2, -0.15) is 0 Å². The van der Waals surface area contributed by atoms with Gasteiger partial charge in [0.15, 0.2) is 0 Å². The average Bonchev–Trinajstić information content (AvgIpc) is 2.76. The first-order chi connectivity index (χ1) is 9.99. The van der Waals surface area contributed by atoms with E-state index in [1.165, 1.54) is 18.2 Å². The molecule has 1 unspecified atom stereocenters. The van der Waals surface area contributed by atoms with Gasteiger partial charge >= 0.3 is 0 Å². The lowest BCUT2D eigenvalue weighted by atomic mass is 10.0. The fourth-order valence-electron chi connectivity index (χ4n) is 2.45. The monoisotopic (exact) mass is 351 g/mol. The van der Waals surface area contributed by atoms with Crippen LogP contribution in [0.3, 0.4) is 0 Å². The molecule has 3 aromatic rings. The lowest BCUT2D eigenvalue weighted by Crippen LogP contribution is -2.15. The van der Waals surface area contributed by atoms with Crippen molar-refractivity contribution in [3.8, 4) is 0 Å². The average molecular weight is 352 g/mol. The predicted octanol–water partition coefficient (Wildman–Crippen LogP) is 4.83. The molecule has 21 heavy (non-hydrogen) atoms. The van der Waals surface area contributed by atoms with Crippen LogP contribution in [0.5, 0.6) is 0 Å². The summed E-state index contributed by atoms with van der Waals surface area (Å²) >= 11 is 3.39. The van der Waals surface area contributed by atoms with Crippen molar-refractivity contribution in [1.29, 1.82) is 0 Å². The fraction of sp³-hybridized carbons (Fsp3) is 0.125. The van der Waals surface area contributed by atoms with Crippen LogP contribution in [0.2, 0.25) is 0 Å². The topological polar surface area (TPSA) is 39.2 Å². The lowest BCUT2D eigenvalue weighted by molar-refractivity contribution is 0.485. The molecule has 0 amide bonds. The Morgan fingerprint density at radius 1 is 1.14 bits per heavy atom. The molecule has 3 rings (SSSR count). The highest BCUT2D eigenvalue weighted by Crippen LogP contribution is 2.34. The summed E-state index contributed by atoms with van der Waals surface area (Å²) in [5.74, 6) is -0.987. The highest BCUT2D eigenvalue weighted by atomic mass is 79.9. The van der Waals surface area contributed by atoms with E-state index in [9.17, 15) is 8.78 Å². The maximum absolute atomic E-state index is 13.9. The standard InChI is InChI=1S/C16H12BrF2NO/c1-8-10-7-9(17)5-6-13(10)21-16(8)15(20)14-11(18)3-2-4-12(14)19/h2-7,15H,20H2,1H3. The van der Waals surface area contributed by atoms with Crippen LogP contribution in [0.25, 0.3) is 11.0 Å². The van der Waals surface area contributed by atoms with Crippen molar-refractivity contribution in [2.45, 2.75) is 13.0 Å². The predicted molar refractivity (Wildman–Crippen MR) is 81.0 cm³/mol. The van der Waals surface area contributed by atoms with Crippen molar-refractivity contribution in [2.24, 2.45) is 5.73 Å². The quantitative estimate of drug-likeness (QED) is 0.718. The minimum absolute atomic E-state index is 0.182. The molecule has 0 bridgehead atoms. The second kappa shape index (κ2) is 5.24. The third-order valence-electron chi connectivity index (χ3n) is 3.53. The van der Waals surface area contributed by atoms with E-state index in [1.54, 1.807) is 6.07 Å². The Morgan fingerprint density at radius 2 is 1.81 bits per heavy atom. The van der Waals surface area contributed by atoms with Gasteiger partial charge in [0.2, 0.25) is 0 Å². The second-order valence-electron chi connectivity index (χ2n) is 4.84. The Bertz CT molecular complexity index is 808. The maximum atomic E-state index is 13.9. The van der Waals surface area contributed by atoms with Crippen LogP contribution in [0.1, 0.15) is 22.9 Å². The molecular weight excluding hydrogens is 340 g/mol. The van der Waals surface area contributed by atoms with E-state index in [-0.39, 0.29) is 5.56 Å². The summed E-state index contributed by atoms with van der Waals surface area (Å²) in [6.45, 7) is 1.83. The Morgan fingerprint density at radius 3 is 2.48 bits per heavy atom. The number of aryl methyl sites for hydroxylation is 1. The van der Waals surface area contributed by atoms with Crippen molar-refractivity contribution in [3.05, 3.63) is 69.4 Å². The number of fused-ring (bicyclic) bond motifs is 1. The summed E-state index contributed by atoms with van der Waals surface area (Å²) in [5.41, 5.74) is 7.27. The summed E-state index contributed by atoms with van der Waals surface area (Å²) in [4.78, 5) is 0. The molecule has 1 atom stereocenters. The van der Waals surface area contributed by atoms with Crippen LogP contribution in [0, 0.1) is 18.6 Å². The second-order valence-corrected chi connectivity index (χ2v) is 5.76. The molecule has 2 aromatic carbocycles. The number of rotatable bonds is 2. The first-order valence-electron chi connectivity index (χ1n) is 6.37. The number of halogens is 3. The van der Waals surface area contributed by atoms with Gasteiger partial charge in [-0.25, -0.2) is 8.78 Å².